The van der Waals surface area contributed by atoms with Crippen LogP contribution >= 0.6 is 0 Å². The molecule has 0 spiro atoms. The maximum Gasteiger partial charge on any atom is 0.263 e. The molecule has 1 aliphatic heterocycles. The molecule has 27 heavy (non-hydrogen) atoms. The third-order valence-corrected chi connectivity index (χ3v) is 4.99. The van der Waals surface area contributed by atoms with Gasteiger partial charge in [-0.3, -0.25) is 9.69 Å². The highest BCUT2D eigenvalue weighted by atomic mass is 16.2. The molecule has 0 radical (unpaired) electrons. The van der Waals surface area contributed by atoms with Crippen molar-refractivity contribution in [3.05, 3.63) is 114 Å². The van der Waals surface area contributed by atoms with E-state index >= 15 is 0 Å². The largest absolute Gasteiger partial charge is 0.276 e. The minimum atomic E-state index is 0.0177. The summed E-state index contributed by atoms with van der Waals surface area (Å²) in [6, 6.07) is 32.2. The van der Waals surface area contributed by atoms with Crippen molar-refractivity contribution in [2.75, 3.05) is 4.90 Å². The van der Waals surface area contributed by atoms with Crippen molar-refractivity contribution in [3.8, 4) is 0 Å². The van der Waals surface area contributed by atoms with E-state index in [1.54, 1.807) is 0 Å². The first-order chi connectivity index (χ1) is 13.3. The summed E-state index contributed by atoms with van der Waals surface area (Å²) >= 11 is 0. The van der Waals surface area contributed by atoms with Crippen molar-refractivity contribution in [1.29, 1.82) is 0 Å². The van der Waals surface area contributed by atoms with Crippen LogP contribution in [0, 0.1) is 0 Å². The number of carbonyl (C=O) groups is 1. The van der Waals surface area contributed by atoms with Gasteiger partial charge in [-0.1, -0.05) is 84.9 Å². The quantitative estimate of drug-likeness (QED) is 0.435. The zero-order valence-corrected chi connectivity index (χ0v) is 14.7. The van der Waals surface area contributed by atoms with Crippen molar-refractivity contribution in [3.63, 3.8) is 0 Å². The molecule has 0 atom stereocenters. The van der Waals surface area contributed by atoms with Crippen LogP contribution in [0.2, 0.25) is 0 Å². The lowest BCUT2D eigenvalue weighted by Gasteiger charge is -2.21. The predicted octanol–water partition coefficient (Wildman–Crippen LogP) is 6.00. The topological polar surface area (TPSA) is 20.3 Å². The first-order valence-electron chi connectivity index (χ1n) is 9.01. The van der Waals surface area contributed by atoms with Crippen LogP contribution in [0.25, 0.3) is 22.5 Å². The molecular formula is C25H17NO. The Morgan fingerprint density at radius 3 is 2.15 bits per heavy atom. The van der Waals surface area contributed by atoms with E-state index in [4.69, 9.17) is 0 Å². The number of hydrogen-bond donors (Lipinski definition) is 0. The van der Waals surface area contributed by atoms with Crippen LogP contribution in [0.4, 0.5) is 5.69 Å². The zero-order valence-electron chi connectivity index (χ0n) is 14.7. The number of amides is 1. The van der Waals surface area contributed by atoms with E-state index in [-0.39, 0.29) is 5.91 Å². The Bertz CT molecular complexity index is 1190. The summed E-state index contributed by atoms with van der Waals surface area (Å²) in [5.74, 6) is 0.0177. The fourth-order valence-electron chi connectivity index (χ4n) is 3.74. The highest BCUT2D eigenvalue weighted by molar-refractivity contribution is 6.26. The number of hydrogen-bond acceptors (Lipinski definition) is 1. The van der Waals surface area contributed by atoms with E-state index in [1.807, 2.05) is 71.6 Å². The van der Waals surface area contributed by atoms with E-state index in [2.05, 4.69) is 36.4 Å². The number of fused-ring (bicyclic) bond motifs is 2. The second-order valence-corrected chi connectivity index (χ2v) is 6.62. The molecule has 0 aromatic heterocycles. The van der Waals surface area contributed by atoms with Gasteiger partial charge in [0.05, 0.1) is 11.4 Å². The Hall–Kier alpha value is -3.65. The van der Waals surface area contributed by atoms with Crippen molar-refractivity contribution in [2.24, 2.45) is 0 Å². The summed E-state index contributed by atoms with van der Waals surface area (Å²) in [6.45, 7) is 0. The average Bonchev–Trinajstić information content (AvgIpc) is 3.00. The number of rotatable bonds is 2. The standard InChI is InChI=1S/C25H17NO/c27-25-22-15-7-6-14-21(22)24(17-18-9-2-1-3-10-18)26(25)23-16-8-12-19-11-4-5-13-20(19)23/h1-17H. The minimum absolute atomic E-state index is 0.0177. The molecule has 2 nitrogen and oxygen atoms in total. The fraction of sp³-hybridized carbons (Fsp3) is 0. The first kappa shape index (κ1) is 15.6. The third-order valence-electron chi connectivity index (χ3n) is 4.99. The Morgan fingerprint density at radius 2 is 1.30 bits per heavy atom. The molecule has 0 saturated heterocycles. The zero-order chi connectivity index (χ0) is 18.2. The Kier molecular flexibility index (Phi) is 3.61. The van der Waals surface area contributed by atoms with Gasteiger partial charge in [0.1, 0.15) is 0 Å². The van der Waals surface area contributed by atoms with E-state index in [9.17, 15) is 4.79 Å². The van der Waals surface area contributed by atoms with Gasteiger partial charge in [-0.2, -0.15) is 0 Å². The van der Waals surface area contributed by atoms with Crippen LogP contribution in [0.15, 0.2) is 97.1 Å². The van der Waals surface area contributed by atoms with Gasteiger partial charge in [0, 0.05) is 16.5 Å². The lowest BCUT2D eigenvalue weighted by Crippen LogP contribution is -2.22. The molecule has 5 rings (SSSR count). The van der Waals surface area contributed by atoms with E-state index < -0.39 is 0 Å². The van der Waals surface area contributed by atoms with Crippen molar-refractivity contribution in [2.45, 2.75) is 0 Å². The average molecular weight is 347 g/mol. The van der Waals surface area contributed by atoms with Crippen molar-refractivity contribution in [1.82, 2.24) is 0 Å². The Balaban J connectivity index is 1.77. The molecular weight excluding hydrogens is 330 g/mol. The molecule has 0 bridgehead atoms. The lowest BCUT2D eigenvalue weighted by atomic mass is 10.1. The molecule has 2 heteroatoms. The molecule has 0 fully saturated rings. The maximum atomic E-state index is 13.3. The van der Waals surface area contributed by atoms with Crippen LogP contribution < -0.4 is 4.90 Å². The summed E-state index contributed by atoms with van der Waals surface area (Å²) in [5, 5.41) is 2.19. The molecule has 0 saturated carbocycles. The van der Waals surface area contributed by atoms with Crippen LogP contribution in [0.1, 0.15) is 21.5 Å². The molecule has 0 N–H and O–H groups in total. The predicted molar refractivity (Wildman–Crippen MR) is 112 cm³/mol. The van der Waals surface area contributed by atoms with E-state index in [0.717, 1.165) is 38.8 Å². The summed E-state index contributed by atoms with van der Waals surface area (Å²) in [7, 11) is 0. The van der Waals surface area contributed by atoms with Crippen LogP contribution in [-0.2, 0) is 0 Å². The smallest absolute Gasteiger partial charge is 0.263 e. The SMILES string of the molecule is O=C1c2ccccc2C(=Cc2ccccc2)N1c1cccc2ccccc12. The van der Waals surface area contributed by atoms with Gasteiger partial charge in [-0.15, -0.1) is 0 Å². The van der Waals surface area contributed by atoms with Crippen molar-refractivity contribution < 1.29 is 4.79 Å². The molecule has 0 unspecified atom stereocenters. The van der Waals surface area contributed by atoms with Gasteiger partial charge in [0.15, 0.2) is 0 Å². The van der Waals surface area contributed by atoms with Crippen LogP contribution in [0.5, 0.6) is 0 Å². The summed E-state index contributed by atoms with van der Waals surface area (Å²) in [4.78, 5) is 15.2. The summed E-state index contributed by atoms with van der Waals surface area (Å²) in [6.07, 6.45) is 2.09. The van der Waals surface area contributed by atoms with E-state index in [0.29, 0.717) is 0 Å². The van der Waals surface area contributed by atoms with Gasteiger partial charge in [-0.25, -0.2) is 0 Å². The highest BCUT2D eigenvalue weighted by Gasteiger charge is 2.33. The van der Waals surface area contributed by atoms with E-state index in [1.165, 1.54) is 0 Å². The van der Waals surface area contributed by atoms with Crippen molar-refractivity contribution >= 4 is 34.1 Å². The fourth-order valence-corrected chi connectivity index (χ4v) is 3.74. The van der Waals surface area contributed by atoms with Gasteiger partial charge in [0.2, 0.25) is 0 Å². The number of carbonyl (C=O) groups excluding carboxylic acids is 1. The second-order valence-electron chi connectivity index (χ2n) is 6.62. The number of nitrogens with zero attached hydrogens (tertiary/aromatic N) is 1. The Labute approximate surface area is 158 Å². The van der Waals surface area contributed by atoms with Gasteiger partial charge >= 0.3 is 0 Å². The molecule has 4 aromatic carbocycles. The van der Waals surface area contributed by atoms with Gasteiger partial charge in [0.25, 0.3) is 5.91 Å². The second kappa shape index (κ2) is 6.26. The molecule has 1 amide bonds. The maximum absolute atomic E-state index is 13.3. The molecule has 4 aromatic rings. The molecule has 0 aliphatic carbocycles. The number of benzene rings is 4. The van der Waals surface area contributed by atoms with Crippen LogP contribution in [0.3, 0.4) is 0 Å². The van der Waals surface area contributed by atoms with Crippen LogP contribution in [-0.4, -0.2) is 5.91 Å². The molecule has 1 aliphatic rings. The molecule has 128 valence electrons. The number of anilines is 1. The minimum Gasteiger partial charge on any atom is -0.276 e. The lowest BCUT2D eigenvalue weighted by molar-refractivity contribution is 0.101. The first-order valence-corrected chi connectivity index (χ1v) is 9.01. The normalized spacial score (nSPS) is 14.7. The highest BCUT2D eigenvalue weighted by Crippen LogP contribution is 2.40. The van der Waals surface area contributed by atoms with Gasteiger partial charge in [-0.05, 0) is 29.2 Å². The third kappa shape index (κ3) is 2.54. The monoisotopic (exact) mass is 347 g/mol. The van der Waals surface area contributed by atoms with Gasteiger partial charge < -0.3 is 0 Å². The summed E-state index contributed by atoms with van der Waals surface area (Å²) in [5.41, 5.74) is 4.61. The summed E-state index contributed by atoms with van der Waals surface area (Å²) < 4.78 is 0. The molecule has 1 heterocycles. The Morgan fingerprint density at radius 1 is 0.630 bits per heavy atom.